The van der Waals surface area contributed by atoms with E-state index in [1.807, 2.05) is 91.0 Å². The van der Waals surface area contributed by atoms with Crippen LogP contribution in [0.2, 0.25) is 0 Å². The SMILES string of the molecule is O=P(OCc1ccccc1)(OCc1ccccc1)C(NCc1ccccc1)c1ccc(C(F)(F)F)cc1. The van der Waals surface area contributed by atoms with Crippen LogP contribution in [-0.4, -0.2) is 0 Å². The minimum absolute atomic E-state index is 0.0110. The minimum atomic E-state index is -4.48. The van der Waals surface area contributed by atoms with Gasteiger partial charge in [0.15, 0.2) is 0 Å². The average molecular weight is 526 g/mol. The van der Waals surface area contributed by atoms with Crippen LogP contribution in [0.3, 0.4) is 0 Å². The summed E-state index contributed by atoms with van der Waals surface area (Å²) >= 11 is 0. The van der Waals surface area contributed by atoms with Crippen molar-refractivity contribution in [3.8, 4) is 0 Å². The van der Waals surface area contributed by atoms with Gasteiger partial charge in [-0.1, -0.05) is 103 Å². The molecule has 4 nitrogen and oxygen atoms in total. The Balaban J connectivity index is 1.67. The molecular formula is C29H27F3NO3P. The van der Waals surface area contributed by atoms with Crippen LogP contribution in [0.1, 0.15) is 33.6 Å². The molecule has 4 rings (SSSR count). The van der Waals surface area contributed by atoms with E-state index in [-0.39, 0.29) is 13.2 Å². The fourth-order valence-corrected chi connectivity index (χ4v) is 5.62. The van der Waals surface area contributed by atoms with Gasteiger partial charge in [0.1, 0.15) is 5.78 Å². The van der Waals surface area contributed by atoms with Gasteiger partial charge in [0.2, 0.25) is 0 Å². The quantitative estimate of drug-likeness (QED) is 0.201. The summed E-state index contributed by atoms with van der Waals surface area (Å²) in [6.45, 7) is 0.327. The van der Waals surface area contributed by atoms with Gasteiger partial charge >= 0.3 is 13.8 Å². The minimum Gasteiger partial charge on any atom is -0.302 e. The lowest BCUT2D eigenvalue weighted by Crippen LogP contribution is -2.23. The van der Waals surface area contributed by atoms with E-state index in [0.717, 1.165) is 28.8 Å². The number of nitrogens with one attached hydrogen (secondary N) is 1. The summed E-state index contributed by atoms with van der Waals surface area (Å²) < 4.78 is 66.1. The van der Waals surface area contributed by atoms with Crippen LogP contribution in [0, 0.1) is 0 Å². The molecule has 0 bridgehead atoms. The number of hydrogen-bond donors (Lipinski definition) is 1. The van der Waals surface area contributed by atoms with Crippen molar-refractivity contribution in [3.63, 3.8) is 0 Å². The smallest absolute Gasteiger partial charge is 0.302 e. The van der Waals surface area contributed by atoms with Gasteiger partial charge in [-0.05, 0) is 34.4 Å². The topological polar surface area (TPSA) is 47.6 Å². The number of alkyl halides is 3. The Bertz CT molecular complexity index is 1240. The van der Waals surface area contributed by atoms with E-state index in [9.17, 15) is 17.7 Å². The third-order valence-corrected chi connectivity index (χ3v) is 7.81. The monoisotopic (exact) mass is 525 g/mol. The van der Waals surface area contributed by atoms with Gasteiger partial charge in [-0.3, -0.25) is 9.88 Å². The molecule has 37 heavy (non-hydrogen) atoms. The molecule has 0 aliphatic rings. The molecule has 0 spiro atoms. The molecule has 0 aliphatic carbocycles. The Labute approximate surface area is 214 Å². The molecule has 0 fully saturated rings. The van der Waals surface area contributed by atoms with Gasteiger partial charge in [0.05, 0.1) is 18.8 Å². The summed E-state index contributed by atoms with van der Waals surface area (Å²) in [5.74, 6) is -1.01. The lowest BCUT2D eigenvalue weighted by Gasteiger charge is -2.29. The first kappa shape index (κ1) is 26.8. The molecule has 4 aromatic rings. The summed E-state index contributed by atoms with van der Waals surface area (Å²) in [4.78, 5) is 0. The number of hydrogen-bond acceptors (Lipinski definition) is 4. The molecule has 0 saturated carbocycles. The normalized spacial score (nSPS) is 12.8. The Morgan fingerprint density at radius 3 is 1.51 bits per heavy atom. The molecular weight excluding hydrogens is 498 g/mol. The van der Waals surface area contributed by atoms with Crippen LogP contribution in [0.25, 0.3) is 0 Å². The first-order valence-corrected chi connectivity index (χ1v) is 13.4. The highest BCUT2D eigenvalue weighted by Gasteiger charge is 2.38. The Hall–Kier alpha value is -3.22. The largest absolute Gasteiger partial charge is 0.416 e. The maximum absolute atomic E-state index is 14.4. The number of halogens is 3. The molecule has 4 aromatic carbocycles. The lowest BCUT2D eigenvalue weighted by molar-refractivity contribution is -0.137. The average Bonchev–Trinajstić information content (AvgIpc) is 2.92. The Morgan fingerprint density at radius 1 is 0.649 bits per heavy atom. The highest BCUT2D eigenvalue weighted by Crippen LogP contribution is 2.61. The van der Waals surface area contributed by atoms with Crippen molar-refractivity contribution in [2.75, 3.05) is 0 Å². The van der Waals surface area contributed by atoms with Crippen molar-refractivity contribution in [1.82, 2.24) is 5.32 Å². The van der Waals surface area contributed by atoms with E-state index in [0.29, 0.717) is 12.1 Å². The standard InChI is InChI=1S/C29H27F3NO3P/c30-29(31,32)27-18-16-26(17-19-27)28(33-20-23-10-4-1-5-11-23)37(34,35-21-24-12-6-2-7-13-24)36-22-25-14-8-3-9-15-25/h1-19,28,33H,20-22H2. The maximum atomic E-state index is 14.4. The highest BCUT2D eigenvalue weighted by atomic mass is 31.2. The van der Waals surface area contributed by atoms with Crippen LogP contribution in [0.15, 0.2) is 115 Å². The molecule has 0 heterocycles. The molecule has 0 aliphatic heterocycles. The molecule has 0 amide bonds. The molecule has 0 radical (unpaired) electrons. The molecule has 0 saturated heterocycles. The molecule has 1 unspecified atom stereocenters. The number of rotatable bonds is 11. The third-order valence-electron chi connectivity index (χ3n) is 5.72. The van der Waals surface area contributed by atoms with E-state index in [2.05, 4.69) is 5.32 Å². The first-order valence-electron chi connectivity index (χ1n) is 11.7. The Kier molecular flexibility index (Phi) is 8.95. The van der Waals surface area contributed by atoms with E-state index >= 15 is 0 Å². The van der Waals surface area contributed by atoms with Crippen molar-refractivity contribution < 1.29 is 26.8 Å². The van der Waals surface area contributed by atoms with Crippen molar-refractivity contribution in [2.45, 2.75) is 31.7 Å². The molecule has 1 N–H and O–H groups in total. The zero-order valence-electron chi connectivity index (χ0n) is 20.0. The lowest BCUT2D eigenvalue weighted by atomic mass is 10.1. The van der Waals surface area contributed by atoms with Gasteiger partial charge in [0, 0.05) is 6.54 Å². The maximum Gasteiger partial charge on any atom is 0.416 e. The molecule has 1 atom stereocenters. The highest BCUT2D eigenvalue weighted by molar-refractivity contribution is 7.54. The van der Waals surface area contributed by atoms with Crippen molar-refractivity contribution in [2.24, 2.45) is 0 Å². The third kappa shape index (κ3) is 7.63. The van der Waals surface area contributed by atoms with Gasteiger partial charge < -0.3 is 9.05 Å². The van der Waals surface area contributed by atoms with Crippen molar-refractivity contribution in [1.29, 1.82) is 0 Å². The summed E-state index contributed by atoms with van der Waals surface area (Å²) in [5, 5.41) is 3.23. The summed E-state index contributed by atoms with van der Waals surface area (Å²) in [6, 6.07) is 32.5. The zero-order chi connectivity index (χ0) is 26.1. The molecule has 8 heteroatoms. The first-order chi connectivity index (χ1) is 17.8. The fraction of sp³-hybridized carbons (Fsp3) is 0.172. The second kappa shape index (κ2) is 12.3. The predicted octanol–water partition coefficient (Wildman–Crippen LogP) is 8.12. The summed E-state index contributed by atoms with van der Waals surface area (Å²) in [7, 11) is -3.97. The van der Waals surface area contributed by atoms with Crippen molar-refractivity contribution in [3.05, 3.63) is 143 Å². The molecule has 192 valence electrons. The zero-order valence-corrected chi connectivity index (χ0v) is 20.9. The van der Waals surface area contributed by atoms with E-state index in [1.165, 1.54) is 12.1 Å². The fourth-order valence-electron chi connectivity index (χ4n) is 3.74. The summed E-state index contributed by atoms with van der Waals surface area (Å²) in [5.41, 5.74) is 2.08. The molecule has 0 aromatic heterocycles. The predicted molar refractivity (Wildman–Crippen MR) is 138 cm³/mol. The van der Waals surface area contributed by atoms with E-state index < -0.39 is 25.1 Å². The number of benzene rings is 4. The van der Waals surface area contributed by atoms with Crippen LogP contribution in [0.4, 0.5) is 13.2 Å². The van der Waals surface area contributed by atoms with E-state index in [1.54, 1.807) is 0 Å². The van der Waals surface area contributed by atoms with Crippen molar-refractivity contribution >= 4 is 7.60 Å². The van der Waals surface area contributed by atoms with Crippen LogP contribution in [0.5, 0.6) is 0 Å². The van der Waals surface area contributed by atoms with Gasteiger partial charge in [-0.25, -0.2) is 0 Å². The second-order valence-corrected chi connectivity index (χ2v) is 10.6. The second-order valence-electron chi connectivity index (χ2n) is 8.45. The van der Waals surface area contributed by atoms with Gasteiger partial charge in [-0.2, -0.15) is 13.2 Å². The van der Waals surface area contributed by atoms with Gasteiger partial charge in [-0.15, -0.1) is 0 Å². The van der Waals surface area contributed by atoms with Crippen LogP contribution < -0.4 is 5.32 Å². The van der Waals surface area contributed by atoms with Crippen LogP contribution in [-0.2, 0) is 39.5 Å². The Morgan fingerprint density at radius 2 is 1.08 bits per heavy atom. The van der Waals surface area contributed by atoms with E-state index in [4.69, 9.17) is 9.05 Å². The van der Waals surface area contributed by atoms with Gasteiger partial charge in [0.25, 0.3) is 0 Å². The summed E-state index contributed by atoms with van der Waals surface area (Å²) in [6.07, 6.45) is -4.48. The van der Waals surface area contributed by atoms with Crippen LogP contribution >= 0.6 is 7.60 Å².